The summed E-state index contributed by atoms with van der Waals surface area (Å²) in [6.07, 6.45) is 0. The number of thiazole rings is 1. The predicted molar refractivity (Wildman–Crippen MR) is 89.1 cm³/mol. The third-order valence-corrected chi connectivity index (χ3v) is 6.28. The topological polar surface area (TPSA) is 85.1 Å². The summed E-state index contributed by atoms with van der Waals surface area (Å²) in [6.45, 7) is 2.13. The highest BCUT2D eigenvalue weighted by molar-refractivity contribution is 8.00. The SMILES string of the molecule is Cc1csc(CNS(=O)(=O)CCSc2ccccc2N)n1. The van der Waals surface area contributed by atoms with E-state index >= 15 is 0 Å². The standard InChI is InChI=1S/C13H17N3O2S3/c1-10-9-20-13(16-10)8-15-21(17,18)7-6-19-12-5-3-2-4-11(12)14/h2-5,9,15H,6-8,14H2,1H3. The molecule has 0 spiro atoms. The summed E-state index contributed by atoms with van der Waals surface area (Å²) < 4.78 is 26.4. The van der Waals surface area contributed by atoms with Crippen LogP contribution in [0.1, 0.15) is 10.7 Å². The van der Waals surface area contributed by atoms with Crippen molar-refractivity contribution in [2.24, 2.45) is 0 Å². The van der Waals surface area contributed by atoms with E-state index < -0.39 is 10.0 Å². The van der Waals surface area contributed by atoms with Gasteiger partial charge in [-0.05, 0) is 19.1 Å². The molecule has 0 saturated heterocycles. The fourth-order valence-corrected chi connectivity index (χ4v) is 4.75. The van der Waals surface area contributed by atoms with Gasteiger partial charge in [-0.3, -0.25) is 0 Å². The van der Waals surface area contributed by atoms with E-state index in [9.17, 15) is 8.42 Å². The van der Waals surface area contributed by atoms with Gasteiger partial charge in [-0.1, -0.05) is 12.1 Å². The van der Waals surface area contributed by atoms with Gasteiger partial charge in [0.05, 0.1) is 12.3 Å². The van der Waals surface area contributed by atoms with Gasteiger partial charge in [-0.25, -0.2) is 18.1 Å². The van der Waals surface area contributed by atoms with Crippen molar-refractivity contribution >= 4 is 38.8 Å². The lowest BCUT2D eigenvalue weighted by atomic mass is 10.3. The minimum absolute atomic E-state index is 0.0519. The molecule has 0 radical (unpaired) electrons. The molecule has 8 heteroatoms. The Balaban J connectivity index is 1.80. The number of nitrogens with two attached hydrogens (primary N) is 1. The smallest absolute Gasteiger partial charge is 0.212 e. The van der Waals surface area contributed by atoms with Crippen LogP contribution in [-0.4, -0.2) is 24.9 Å². The normalized spacial score (nSPS) is 11.7. The highest BCUT2D eigenvalue weighted by Gasteiger charge is 2.11. The number of hydrogen-bond donors (Lipinski definition) is 2. The number of thioether (sulfide) groups is 1. The van der Waals surface area contributed by atoms with E-state index in [4.69, 9.17) is 5.73 Å². The van der Waals surface area contributed by atoms with Crippen LogP contribution in [0.4, 0.5) is 5.69 Å². The Morgan fingerprint density at radius 3 is 2.81 bits per heavy atom. The van der Waals surface area contributed by atoms with Gasteiger partial charge in [0.25, 0.3) is 0 Å². The number of sulfonamides is 1. The summed E-state index contributed by atoms with van der Waals surface area (Å²) in [6, 6.07) is 7.43. The minimum atomic E-state index is -3.30. The zero-order valence-corrected chi connectivity index (χ0v) is 14.0. The number of nitrogens with zero attached hydrogens (tertiary/aromatic N) is 1. The van der Waals surface area contributed by atoms with Crippen LogP contribution >= 0.6 is 23.1 Å². The first-order chi connectivity index (χ1) is 9.96. The number of aryl methyl sites for hydroxylation is 1. The van der Waals surface area contributed by atoms with Crippen LogP contribution in [0.25, 0.3) is 0 Å². The van der Waals surface area contributed by atoms with E-state index in [1.54, 1.807) is 6.07 Å². The molecule has 114 valence electrons. The number of aromatic nitrogens is 1. The lowest BCUT2D eigenvalue weighted by Crippen LogP contribution is -2.26. The van der Waals surface area contributed by atoms with Crippen molar-refractivity contribution in [1.82, 2.24) is 9.71 Å². The van der Waals surface area contributed by atoms with E-state index in [0.717, 1.165) is 15.6 Å². The van der Waals surface area contributed by atoms with Crippen molar-refractivity contribution in [3.05, 3.63) is 40.3 Å². The van der Waals surface area contributed by atoms with Gasteiger partial charge in [0, 0.05) is 27.4 Å². The molecule has 1 heterocycles. The molecular formula is C13H17N3O2S3. The van der Waals surface area contributed by atoms with Gasteiger partial charge in [-0.15, -0.1) is 23.1 Å². The molecule has 5 nitrogen and oxygen atoms in total. The Morgan fingerprint density at radius 2 is 2.14 bits per heavy atom. The predicted octanol–water partition coefficient (Wildman–Crippen LogP) is 2.25. The third kappa shape index (κ3) is 5.31. The number of benzene rings is 1. The first kappa shape index (κ1) is 16.3. The second-order valence-electron chi connectivity index (χ2n) is 4.41. The number of rotatable bonds is 7. The number of nitrogens with one attached hydrogen (secondary N) is 1. The fourth-order valence-electron chi connectivity index (χ4n) is 1.60. The van der Waals surface area contributed by atoms with Gasteiger partial charge in [-0.2, -0.15) is 0 Å². The number of hydrogen-bond acceptors (Lipinski definition) is 6. The van der Waals surface area contributed by atoms with Crippen LogP contribution in [0.2, 0.25) is 0 Å². The number of para-hydroxylation sites is 1. The summed E-state index contributed by atoms with van der Waals surface area (Å²) in [5.41, 5.74) is 7.39. The monoisotopic (exact) mass is 343 g/mol. The van der Waals surface area contributed by atoms with E-state index in [1.807, 2.05) is 30.5 Å². The van der Waals surface area contributed by atoms with E-state index in [-0.39, 0.29) is 12.3 Å². The second-order valence-corrected chi connectivity index (χ2v) is 8.41. The molecule has 0 aliphatic heterocycles. The molecule has 2 aromatic rings. The van der Waals surface area contributed by atoms with Gasteiger partial charge in [0.15, 0.2) is 0 Å². The zero-order chi connectivity index (χ0) is 15.3. The van der Waals surface area contributed by atoms with Crippen molar-refractivity contribution in [2.45, 2.75) is 18.4 Å². The number of nitrogen functional groups attached to an aromatic ring is 1. The molecule has 0 saturated carbocycles. The van der Waals surface area contributed by atoms with Gasteiger partial charge >= 0.3 is 0 Å². The molecule has 0 amide bonds. The maximum atomic E-state index is 11.9. The van der Waals surface area contributed by atoms with Crippen molar-refractivity contribution in [2.75, 3.05) is 17.2 Å². The highest BCUT2D eigenvalue weighted by Crippen LogP contribution is 2.24. The Hall–Kier alpha value is -1.09. The molecule has 3 N–H and O–H groups in total. The molecule has 0 unspecified atom stereocenters. The summed E-state index contributed by atoms with van der Waals surface area (Å²) in [4.78, 5) is 5.13. The average molecular weight is 343 g/mol. The fraction of sp³-hybridized carbons (Fsp3) is 0.308. The summed E-state index contributed by atoms with van der Waals surface area (Å²) >= 11 is 2.90. The van der Waals surface area contributed by atoms with Crippen molar-refractivity contribution in [3.8, 4) is 0 Å². The molecule has 0 atom stereocenters. The zero-order valence-electron chi connectivity index (χ0n) is 11.6. The van der Waals surface area contributed by atoms with Crippen LogP contribution in [0.3, 0.4) is 0 Å². The average Bonchev–Trinajstić information content (AvgIpc) is 2.85. The second kappa shape index (κ2) is 7.26. The van der Waals surface area contributed by atoms with Crippen molar-refractivity contribution < 1.29 is 8.42 Å². The van der Waals surface area contributed by atoms with Crippen molar-refractivity contribution in [1.29, 1.82) is 0 Å². The lowest BCUT2D eigenvalue weighted by molar-refractivity contribution is 0.582. The van der Waals surface area contributed by atoms with E-state index in [2.05, 4.69) is 9.71 Å². The third-order valence-electron chi connectivity index (χ3n) is 2.64. The van der Waals surface area contributed by atoms with Crippen LogP contribution in [0, 0.1) is 6.92 Å². The molecule has 0 bridgehead atoms. The van der Waals surface area contributed by atoms with Crippen LogP contribution in [0.5, 0.6) is 0 Å². The summed E-state index contributed by atoms with van der Waals surface area (Å²) in [5.74, 6) is 0.511. The first-order valence-corrected chi connectivity index (χ1v) is 9.84. The number of anilines is 1. The Bertz CT molecular complexity index is 698. The maximum Gasteiger partial charge on any atom is 0.212 e. The van der Waals surface area contributed by atoms with E-state index in [0.29, 0.717) is 11.4 Å². The molecule has 1 aromatic carbocycles. The molecule has 0 fully saturated rings. The first-order valence-electron chi connectivity index (χ1n) is 6.32. The Kier molecular flexibility index (Phi) is 5.63. The van der Waals surface area contributed by atoms with Gasteiger partial charge < -0.3 is 5.73 Å². The molecule has 2 rings (SSSR count). The van der Waals surface area contributed by atoms with Crippen molar-refractivity contribution in [3.63, 3.8) is 0 Å². The molecule has 21 heavy (non-hydrogen) atoms. The highest BCUT2D eigenvalue weighted by atomic mass is 32.2. The quantitative estimate of drug-likeness (QED) is 0.595. The largest absolute Gasteiger partial charge is 0.398 e. The maximum absolute atomic E-state index is 11.9. The van der Waals surface area contributed by atoms with Gasteiger partial charge in [0.1, 0.15) is 5.01 Å². The van der Waals surface area contributed by atoms with Crippen LogP contribution in [-0.2, 0) is 16.6 Å². The molecule has 0 aliphatic rings. The Labute approximate surface area is 133 Å². The minimum Gasteiger partial charge on any atom is -0.398 e. The molecule has 0 aliphatic carbocycles. The molecule has 1 aromatic heterocycles. The summed E-state index contributed by atoms with van der Waals surface area (Å²) in [5, 5.41) is 2.67. The molecular weight excluding hydrogens is 326 g/mol. The van der Waals surface area contributed by atoms with Crippen LogP contribution in [0.15, 0.2) is 34.5 Å². The van der Waals surface area contributed by atoms with E-state index in [1.165, 1.54) is 23.1 Å². The lowest BCUT2D eigenvalue weighted by Gasteiger charge is -2.06. The summed E-state index contributed by atoms with van der Waals surface area (Å²) in [7, 11) is -3.30. The Morgan fingerprint density at radius 1 is 1.38 bits per heavy atom. The van der Waals surface area contributed by atoms with Crippen LogP contribution < -0.4 is 10.5 Å². The van der Waals surface area contributed by atoms with Gasteiger partial charge in [0.2, 0.25) is 10.0 Å².